The quantitative estimate of drug-likeness (QED) is 0.919. The van der Waals surface area contributed by atoms with Crippen molar-refractivity contribution in [3.05, 3.63) is 40.9 Å². The summed E-state index contributed by atoms with van der Waals surface area (Å²) in [5, 5.41) is 3.54. The van der Waals surface area contributed by atoms with Gasteiger partial charge in [0.05, 0.1) is 6.42 Å². The van der Waals surface area contributed by atoms with Crippen LogP contribution >= 0.6 is 11.3 Å². The molecule has 0 spiro atoms. The highest BCUT2D eigenvalue weighted by molar-refractivity contribution is 7.15. The summed E-state index contributed by atoms with van der Waals surface area (Å²) in [6, 6.07) is 8.00. The Balaban J connectivity index is 1.94. The monoisotopic (exact) mass is 303 g/mol. The summed E-state index contributed by atoms with van der Waals surface area (Å²) in [6.07, 6.45) is 2.20. The number of anilines is 2. The SMILES string of the molecule is CC(C)c1cnc(NC(=O)Cc2ccc(N(C)C)cc2)s1. The zero-order valence-corrected chi connectivity index (χ0v) is 13.7. The summed E-state index contributed by atoms with van der Waals surface area (Å²) < 4.78 is 0. The van der Waals surface area contributed by atoms with Gasteiger partial charge in [-0.2, -0.15) is 0 Å². The number of carbonyl (C=O) groups is 1. The molecule has 1 N–H and O–H groups in total. The van der Waals surface area contributed by atoms with Crippen LogP contribution in [0, 0.1) is 0 Å². The third kappa shape index (κ3) is 4.29. The Morgan fingerprint density at radius 2 is 1.95 bits per heavy atom. The van der Waals surface area contributed by atoms with E-state index in [1.165, 1.54) is 16.2 Å². The van der Waals surface area contributed by atoms with Crippen LogP contribution < -0.4 is 10.2 Å². The van der Waals surface area contributed by atoms with Crippen LogP contribution in [0.4, 0.5) is 10.8 Å². The lowest BCUT2D eigenvalue weighted by molar-refractivity contribution is -0.115. The van der Waals surface area contributed by atoms with E-state index in [1.807, 2.05) is 49.5 Å². The fraction of sp³-hybridized carbons (Fsp3) is 0.375. The molecule has 21 heavy (non-hydrogen) atoms. The van der Waals surface area contributed by atoms with Crippen molar-refractivity contribution < 1.29 is 4.79 Å². The fourth-order valence-corrected chi connectivity index (χ4v) is 2.71. The second kappa shape index (κ2) is 6.72. The smallest absolute Gasteiger partial charge is 0.230 e. The van der Waals surface area contributed by atoms with Gasteiger partial charge in [0.2, 0.25) is 5.91 Å². The molecule has 0 aliphatic rings. The summed E-state index contributed by atoms with van der Waals surface area (Å²) in [4.78, 5) is 19.5. The molecule has 1 amide bonds. The number of thiazole rings is 1. The van der Waals surface area contributed by atoms with Crippen LogP contribution in [-0.2, 0) is 11.2 Å². The fourth-order valence-electron chi connectivity index (χ4n) is 1.87. The van der Waals surface area contributed by atoms with Crippen LogP contribution in [0.15, 0.2) is 30.5 Å². The van der Waals surface area contributed by atoms with Gasteiger partial charge in [0.25, 0.3) is 0 Å². The summed E-state index contributed by atoms with van der Waals surface area (Å²) in [5.74, 6) is 0.406. The maximum Gasteiger partial charge on any atom is 0.230 e. The van der Waals surface area contributed by atoms with E-state index < -0.39 is 0 Å². The van der Waals surface area contributed by atoms with E-state index in [2.05, 4.69) is 24.1 Å². The van der Waals surface area contributed by atoms with Crippen molar-refractivity contribution in [3.8, 4) is 0 Å². The van der Waals surface area contributed by atoms with Crippen molar-refractivity contribution in [1.29, 1.82) is 0 Å². The van der Waals surface area contributed by atoms with Gasteiger partial charge in [0, 0.05) is 30.9 Å². The van der Waals surface area contributed by atoms with Gasteiger partial charge in [0.15, 0.2) is 5.13 Å². The number of aromatic nitrogens is 1. The lowest BCUT2D eigenvalue weighted by Crippen LogP contribution is -2.14. The van der Waals surface area contributed by atoms with E-state index in [0.717, 1.165) is 11.3 Å². The standard InChI is InChI=1S/C16H21N3OS/c1-11(2)14-10-17-16(21-14)18-15(20)9-12-5-7-13(8-6-12)19(3)4/h5-8,10-11H,9H2,1-4H3,(H,17,18,20). The first kappa shape index (κ1) is 15.5. The molecule has 0 unspecified atom stereocenters. The molecule has 112 valence electrons. The highest BCUT2D eigenvalue weighted by Crippen LogP contribution is 2.25. The number of rotatable bonds is 5. The molecule has 0 fully saturated rings. The van der Waals surface area contributed by atoms with Crippen molar-refractivity contribution in [1.82, 2.24) is 4.98 Å². The zero-order chi connectivity index (χ0) is 15.4. The van der Waals surface area contributed by atoms with Crippen LogP contribution in [0.5, 0.6) is 0 Å². The van der Waals surface area contributed by atoms with E-state index in [0.29, 0.717) is 17.5 Å². The van der Waals surface area contributed by atoms with Gasteiger partial charge >= 0.3 is 0 Å². The highest BCUT2D eigenvalue weighted by Gasteiger charge is 2.09. The van der Waals surface area contributed by atoms with Crippen molar-refractivity contribution in [2.45, 2.75) is 26.2 Å². The van der Waals surface area contributed by atoms with Gasteiger partial charge < -0.3 is 10.2 Å². The van der Waals surface area contributed by atoms with E-state index in [4.69, 9.17) is 0 Å². The van der Waals surface area contributed by atoms with Crippen LogP contribution in [0.1, 0.15) is 30.2 Å². The molecule has 2 aromatic rings. The van der Waals surface area contributed by atoms with E-state index in [1.54, 1.807) is 0 Å². The molecule has 0 bridgehead atoms. The highest BCUT2D eigenvalue weighted by atomic mass is 32.1. The number of carbonyl (C=O) groups excluding carboxylic acids is 1. The van der Waals surface area contributed by atoms with Gasteiger partial charge in [-0.25, -0.2) is 4.98 Å². The lowest BCUT2D eigenvalue weighted by atomic mass is 10.1. The predicted octanol–water partition coefficient (Wildman–Crippen LogP) is 3.51. The van der Waals surface area contributed by atoms with Crippen molar-refractivity contribution >= 4 is 28.1 Å². The summed E-state index contributed by atoms with van der Waals surface area (Å²) in [6.45, 7) is 4.23. The largest absolute Gasteiger partial charge is 0.378 e. The molecular weight excluding hydrogens is 282 g/mol. The molecule has 1 aromatic heterocycles. The molecular formula is C16H21N3OS. The Hall–Kier alpha value is -1.88. The van der Waals surface area contributed by atoms with Gasteiger partial charge in [-0.15, -0.1) is 11.3 Å². The topological polar surface area (TPSA) is 45.2 Å². The molecule has 2 rings (SSSR count). The number of amides is 1. The number of hydrogen-bond acceptors (Lipinski definition) is 4. The Morgan fingerprint density at radius 3 is 2.48 bits per heavy atom. The summed E-state index contributed by atoms with van der Waals surface area (Å²) in [5.41, 5.74) is 2.12. The molecule has 0 aliphatic heterocycles. The maximum atomic E-state index is 12.0. The average Bonchev–Trinajstić information content (AvgIpc) is 2.87. The lowest BCUT2D eigenvalue weighted by Gasteiger charge is -2.12. The Kier molecular flexibility index (Phi) is 4.96. The minimum Gasteiger partial charge on any atom is -0.378 e. The van der Waals surface area contributed by atoms with E-state index >= 15 is 0 Å². The van der Waals surface area contributed by atoms with Gasteiger partial charge in [-0.3, -0.25) is 4.79 Å². The molecule has 0 saturated carbocycles. The first-order valence-corrected chi connectivity index (χ1v) is 7.79. The normalized spacial score (nSPS) is 10.7. The first-order chi connectivity index (χ1) is 9.95. The molecule has 0 atom stereocenters. The van der Waals surface area contributed by atoms with E-state index in [-0.39, 0.29) is 5.91 Å². The number of hydrogen-bond donors (Lipinski definition) is 1. The predicted molar refractivity (Wildman–Crippen MR) is 89.3 cm³/mol. The number of benzene rings is 1. The van der Waals surface area contributed by atoms with E-state index in [9.17, 15) is 4.79 Å². The van der Waals surface area contributed by atoms with Crippen molar-refractivity contribution in [2.24, 2.45) is 0 Å². The average molecular weight is 303 g/mol. The zero-order valence-electron chi connectivity index (χ0n) is 12.9. The molecule has 1 aromatic carbocycles. The summed E-state index contributed by atoms with van der Waals surface area (Å²) in [7, 11) is 3.99. The molecule has 5 heteroatoms. The first-order valence-electron chi connectivity index (χ1n) is 6.97. The van der Waals surface area contributed by atoms with Gasteiger partial charge in [-0.1, -0.05) is 26.0 Å². The second-order valence-electron chi connectivity index (χ2n) is 5.51. The Bertz CT molecular complexity index is 602. The third-order valence-electron chi connectivity index (χ3n) is 3.16. The Labute approximate surface area is 129 Å². The molecule has 0 saturated heterocycles. The van der Waals surface area contributed by atoms with Crippen LogP contribution in [0.2, 0.25) is 0 Å². The molecule has 0 radical (unpaired) electrons. The third-order valence-corrected chi connectivity index (χ3v) is 4.37. The van der Waals surface area contributed by atoms with Gasteiger partial charge in [-0.05, 0) is 23.6 Å². The van der Waals surface area contributed by atoms with Crippen LogP contribution in [-0.4, -0.2) is 25.0 Å². The second-order valence-corrected chi connectivity index (χ2v) is 6.57. The van der Waals surface area contributed by atoms with Crippen molar-refractivity contribution in [3.63, 3.8) is 0 Å². The maximum absolute atomic E-state index is 12.0. The minimum absolute atomic E-state index is 0.0303. The summed E-state index contributed by atoms with van der Waals surface area (Å²) >= 11 is 1.54. The Morgan fingerprint density at radius 1 is 1.29 bits per heavy atom. The van der Waals surface area contributed by atoms with Crippen LogP contribution in [0.25, 0.3) is 0 Å². The number of nitrogens with one attached hydrogen (secondary N) is 1. The van der Waals surface area contributed by atoms with Crippen LogP contribution in [0.3, 0.4) is 0 Å². The molecule has 4 nitrogen and oxygen atoms in total. The number of nitrogens with zero attached hydrogens (tertiary/aromatic N) is 2. The molecule has 1 heterocycles. The molecule has 0 aliphatic carbocycles. The minimum atomic E-state index is -0.0303. The van der Waals surface area contributed by atoms with Crippen molar-refractivity contribution in [2.75, 3.05) is 24.3 Å². The van der Waals surface area contributed by atoms with Gasteiger partial charge in [0.1, 0.15) is 0 Å².